The maximum absolute atomic E-state index is 13.1. The third kappa shape index (κ3) is 3.85. The number of rotatable bonds is 4. The smallest absolute Gasteiger partial charge is 0.233 e. The Balaban J connectivity index is 2.67. The van der Waals surface area contributed by atoms with Gasteiger partial charge in [0.2, 0.25) is 5.91 Å². The van der Waals surface area contributed by atoms with E-state index in [1.165, 1.54) is 12.1 Å². The lowest BCUT2D eigenvalue weighted by Crippen LogP contribution is -2.28. The molecule has 0 fully saturated rings. The summed E-state index contributed by atoms with van der Waals surface area (Å²) in [5, 5.41) is 10.5. The molecule has 0 saturated heterocycles. The van der Waals surface area contributed by atoms with Gasteiger partial charge in [0.05, 0.1) is 22.6 Å². The monoisotopic (exact) mass is 255 g/mol. The molecular formula is C10H10FN3O2S. The number of nitrogens with zero attached hydrogens (tertiary/aromatic N) is 1. The highest BCUT2D eigenvalue weighted by Gasteiger charge is 2.11. The van der Waals surface area contributed by atoms with E-state index in [2.05, 4.69) is 5.32 Å². The van der Waals surface area contributed by atoms with E-state index in [1.54, 1.807) is 6.07 Å². The topological polar surface area (TPSA) is 96.0 Å². The zero-order chi connectivity index (χ0) is 12.8. The van der Waals surface area contributed by atoms with E-state index in [1.807, 2.05) is 0 Å². The SMILES string of the molecule is N#CCNC(=O)CS(=O)c1ccc(N)c(F)c1. The van der Waals surface area contributed by atoms with Crippen molar-refractivity contribution in [2.45, 2.75) is 4.90 Å². The Bertz CT molecular complexity index is 499. The molecule has 7 heteroatoms. The summed E-state index contributed by atoms with van der Waals surface area (Å²) in [5.41, 5.74) is 5.22. The lowest BCUT2D eigenvalue weighted by Gasteiger charge is -2.03. The fourth-order valence-corrected chi connectivity index (χ4v) is 2.00. The van der Waals surface area contributed by atoms with Crippen molar-refractivity contribution >= 4 is 22.4 Å². The first kappa shape index (κ1) is 13.1. The van der Waals surface area contributed by atoms with E-state index in [0.29, 0.717) is 0 Å². The summed E-state index contributed by atoms with van der Waals surface area (Å²) in [7, 11) is -1.65. The fourth-order valence-electron chi connectivity index (χ4n) is 1.04. The van der Waals surface area contributed by atoms with Crippen LogP contribution in [0.4, 0.5) is 10.1 Å². The normalized spacial score (nSPS) is 11.5. The number of hydrogen-bond acceptors (Lipinski definition) is 4. The fraction of sp³-hybridized carbons (Fsp3) is 0.200. The van der Waals surface area contributed by atoms with Crippen LogP contribution in [0.3, 0.4) is 0 Å². The van der Waals surface area contributed by atoms with Crippen molar-refractivity contribution in [3.05, 3.63) is 24.0 Å². The van der Waals surface area contributed by atoms with Gasteiger partial charge in [0.25, 0.3) is 0 Å². The highest BCUT2D eigenvalue weighted by Crippen LogP contribution is 2.14. The third-order valence-corrected chi connectivity index (χ3v) is 3.17. The lowest BCUT2D eigenvalue weighted by atomic mass is 10.3. The first-order chi connectivity index (χ1) is 8.04. The Hall–Kier alpha value is -1.94. The second kappa shape index (κ2) is 5.96. The van der Waals surface area contributed by atoms with Crippen LogP contribution in [0.5, 0.6) is 0 Å². The van der Waals surface area contributed by atoms with Crippen LogP contribution in [-0.4, -0.2) is 22.4 Å². The molecule has 5 nitrogen and oxygen atoms in total. The number of nitrogens with two attached hydrogens (primary N) is 1. The van der Waals surface area contributed by atoms with Gasteiger partial charge in [0.15, 0.2) is 0 Å². The molecule has 0 bridgehead atoms. The number of nitrogens with one attached hydrogen (secondary N) is 1. The van der Waals surface area contributed by atoms with Gasteiger partial charge in [-0.1, -0.05) is 0 Å². The highest BCUT2D eigenvalue weighted by atomic mass is 32.2. The van der Waals surface area contributed by atoms with Crippen molar-refractivity contribution in [2.75, 3.05) is 18.0 Å². The van der Waals surface area contributed by atoms with Crippen LogP contribution >= 0.6 is 0 Å². The summed E-state index contributed by atoms with van der Waals surface area (Å²) >= 11 is 0. The van der Waals surface area contributed by atoms with E-state index in [9.17, 15) is 13.4 Å². The van der Waals surface area contributed by atoms with Crippen molar-refractivity contribution < 1.29 is 13.4 Å². The molecule has 0 aliphatic carbocycles. The van der Waals surface area contributed by atoms with Crippen molar-refractivity contribution in [2.24, 2.45) is 0 Å². The molecular weight excluding hydrogens is 245 g/mol. The maximum atomic E-state index is 13.1. The van der Waals surface area contributed by atoms with E-state index >= 15 is 0 Å². The molecule has 1 aromatic carbocycles. The first-order valence-electron chi connectivity index (χ1n) is 4.61. The summed E-state index contributed by atoms with van der Waals surface area (Å²) in [6, 6.07) is 5.43. The van der Waals surface area contributed by atoms with Crippen molar-refractivity contribution in [3.63, 3.8) is 0 Å². The molecule has 1 rings (SSSR count). The van der Waals surface area contributed by atoms with Crippen LogP contribution in [0.25, 0.3) is 0 Å². The molecule has 0 aliphatic rings. The van der Waals surface area contributed by atoms with Crippen molar-refractivity contribution in [3.8, 4) is 6.07 Å². The van der Waals surface area contributed by atoms with Gasteiger partial charge >= 0.3 is 0 Å². The van der Waals surface area contributed by atoms with Crippen LogP contribution in [0.15, 0.2) is 23.1 Å². The molecule has 0 aromatic heterocycles. The maximum Gasteiger partial charge on any atom is 0.233 e. The molecule has 1 atom stereocenters. The van der Waals surface area contributed by atoms with E-state index in [-0.39, 0.29) is 22.9 Å². The Kier molecular flexibility index (Phi) is 4.60. The molecule has 0 saturated carbocycles. The van der Waals surface area contributed by atoms with Gasteiger partial charge in [-0.2, -0.15) is 5.26 Å². The molecule has 1 amide bonds. The van der Waals surface area contributed by atoms with Crippen LogP contribution in [0, 0.1) is 17.1 Å². The van der Waals surface area contributed by atoms with Crippen molar-refractivity contribution in [1.82, 2.24) is 5.32 Å². The van der Waals surface area contributed by atoms with Gasteiger partial charge < -0.3 is 11.1 Å². The molecule has 0 heterocycles. The van der Waals surface area contributed by atoms with E-state index < -0.39 is 22.5 Å². The minimum atomic E-state index is -1.65. The van der Waals surface area contributed by atoms with Crippen LogP contribution in [0.1, 0.15) is 0 Å². The highest BCUT2D eigenvalue weighted by molar-refractivity contribution is 7.85. The molecule has 0 aliphatic heterocycles. The average Bonchev–Trinajstić information content (AvgIpc) is 2.30. The minimum Gasteiger partial charge on any atom is -0.396 e. The van der Waals surface area contributed by atoms with Crippen LogP contribution in [-0.2, 0) is 15.6 Å². The van der Waals surface area contributed by atoms with Gasteiger partial charge in [0, 0.05) is 4.90 Å². The number of nitrogen functional groups attached to an aromatic ring is 1. The largest absolute Gasteiger partial charge is 0.396 e. The van der Waals surface area contributed by atoms with Crippen molar-refractivity contribution in [1.29, 1.82) is 5.26 Å². The minimum absolute atomic E-state index is 0.0420. The molecule has 0 spiro atoms. The number of anilines is 1. The number of nitriles is 1. The molecule has 17 heavy (non-hydrogen) atoms. The van der Waals surface area contributed by atoms with Gasteiger partial charge in [0.1, 0.15) is 18.1 Å². The zero-order valence-corrected chi connectivity index (χ0v) is 9.59. The number of benzene rings is 1. The number of hydrogen-bond donors (Lipinski definition) is 2. The van der Waals surface area contributed by atoms with Crippen LogP contribution in [0.2, 0.25) is 0 Å². The summed E-state index contributed by atoms with van der Waals surface area (Å²) in [6.07, 6.45) is 0. The quantitative estimate of drug-likeness (QED) is 0.591. The predicted molar refractivity (Wildman–Crippen MR) is 60.7 cm³/mol. The molecule has 90 valence electrons. The number of carbonyl (C=O) groups excluding carboxylic acids is 1. The Labute approximate surface area is 99.9 Å². The zero-order valence-electron chi connectivity index (χ0n) is 8.77. The Morgan fingerprint density at radius 2 is 2.29 bits per heavy atom. The second-order valence-corrected chi connectivity index (χ2v) is 4.56. The summed E-state index contributed by atoms with van der Waals surface area (Å²) in [5.74, 6) is -1.51. The van der Waals surface area contributed by atoms with E-state index in [0.717, 1.165) is 6.07 Å². The van der Waals surface area contributed by atoms with Gasteiger partial charge in [-0.3, -0.25) is 9.00 Å². The standard InChI is InChI=1S/C10H10FN3O2S/c11-8-5-7(1-2-9(8)13)17(16)6-10(15)14-4-3-12/h1-2,5H,4,6,13H2,(H,14,15). The predicted octanol–water partition coefficient (Wildman–Crippen LogP) is 0.155. The van der Waals surface area contributed by atoms with Crippen LogP contribution < -0.4 is 11.1 Å². The summed E-state index contributed by atoms with van der Waals surface area (Å²) < 4.78 is 24.7. The number of amides is 1. The Morgan fingerprint density at radius 3 is 2.88 bits per heavy atom. The number of carbonyl (C=O) groups is 1. The van der Waals surface area contributed by atoms with Gasteiger partial charge in [-0.15, -0.1) is 0 Å². The van der Waals surface area contributed by atoms with Gasteiger partial charge in [-0.05, 0) is 18.2 Å². The summed E-state index contributed by atoms with van der Waals surface area (Å²) in [6.45, 7) is -0.147. The van der Waals surface area contributed by atoms with E-state index in [4.69, 9.17) is 11.0 Å². The lowest BCUT2D eigenvalue weighted by molar-refractivity contribution is -0.118. The third-order valence-electron chi connectivity index (χ3n) is 1.86. The van der Waals surface area contributed by atoms with Gasteiger partial charge in [-0.25, -0.2) is 4.39 Å². The first-order valence-corrected chi connectivity index (χ1v) is 5.93. The molecule has 3 N–H and O–H groups in total. The molecule has 1 unspecified atom stereocenters. The molecule has 0 radical (unpaired) electrons. The number of halogens is 1. The second-order valence-electron chi connectivity index (χ2n) is 3.11. The Morgan fingerprint density at radius 1 is 1.59 bits per heavy atom. The summed E-state index contributed by atoms with van der Waals surface area (Å²) in [4.78, 5) is 11.3. The molecule has 1 aromatic rings. The average molecular weight is 255 g/mol.